The van der Waals surface area contributed by atoms with Gasteiger partial charge in [0.2, 0.25) is 0 Å². The number of carboxylic acids is 1. The van der Waals surface area contributed by atoms with Crippen molar-refractivity contribution in [1.82, 2.24) is 5.32 Å². The highest BCUT2D eigenvalue weighted by atomic mass is 32.2. The zero-order valence-electron chi connectivity index (χ0n) is 9.90. The second-order valence-electron chi connectivity index (χ2n) is 3.75. The monoisotopic (exact) mass is 281 g/mol. The van der Waals surface area contributed by atoms with Gasteiger partial charge in [0.1, 0.15) is 6.04 Å². The predicted octanol–water partition coefficient (Wildman–Crippen LogP) is 0.627. The van der Waals surface area contributed by atoms with E-state index in [0.717, 1.165) is 5.01 Å². The van der Waals surface area contributed by atoms with Crippen molar-refractivity contribution in [2.45, 2.75) is 10.9 Å². The number of carbonyl (C=O) groups excluding carboxylic acids is 1. The minimum atomic E-state index is -1.24. The molecule has 0 fully saturated rings. The second-order valence-corrected chi connectivity index (χ2v) is 4.40. The van der Waals surface area contributed by atoms with Crippen molar-refractivity contribution in [1.29, 1.82) is 0 Å². The Balaban J connectivity index is 2.34. The van der Waals surface area contributed by atoms with Gasteiger partial charge in [-0.3, -0.25) is 4.79 Å². The van der Waals surface area contributed by atoms with E-state index in [2.05, 4.69) is 10.4 Å². The zero-order valence-corrected chi connectivity index (χ0v) is 10.7. The predicted molar refractivity (Wildman–Crippen MR) is 70.3 cm³/mol. The molecule has 1 amide bonds. The molecule has 0 aromatic heterocycles. The Bertz CT molecular complexity index is 543. The lowest BCUT2D eigenvalue weighted by Gasteiger charge is -2.13. The number of anilines is 1. The molecule has 1 atom stereocenters. The van der Waals surface area contributed by atoms with Crippen LogP contribution in [-0.4, -0.2) is 40.3 Å². The summed E-state index contributed by atoms with van der Waals surface area (Å²) in [7, 11) is 1.50. The highest BCUT2D eigenvalue weighted by Gasteiger charge is 2.39. The van der Waals surface area contributed by atoms with Gasteiger partial charge in [0.05, 0.1) is 5.69 Å². The summed E-state index contributed by atoms with van der Waals surface area (Å²) >= 11 is 0.586. The fraction of sp³-hybridized carbons (Fsp3) is 0.182. The molecule has 0 bridgehead atoms. The molecule has 7 nitrogen and oxygen atoms in total. The maximum absolute atomic E-state index is 12.0. The van der Waals surface area contributed by atoms with Crippen LogP contribution in [0.15, 0.2) is 34.3 Å². The molecule has 0 radical (unpaired) electrons. The van der Waals surface area contributed by atoms with Crippen LogP contribution in [0.1, 0.15) is 0 Å². The van der Waals surface area contributed by atoms with Crippen molar-refractivity contribution >= 4 is 35.3 Å². The van der Waals surface area contributed by atoms with Gasteiger partial charge >= 0.3 is 5.97 Å². The molecule has 1 aliphatic rings. The molecule has 1 aromatic carbocycles. The molecular weight excluding hydrogens is 270 g/mol. The van der Waals surface area contributed by atoms with Crippen molar-refractivity contribution in [3.8, 4) is 0 Å². The van der Waals surface area contributed by atoms with Crippen molar-refractivity contribution < 1.29 is 19.2 Å². The van der Waals surface area contributed by atoms with Crippen LogP contribution >= 0.6 is 12.0 Å². The number of nitrogens with one attached hydrogen (secondary N) is 1. The highest BCUT2D eigenvalue weighted by molar-refractivity contribution is 7.93. The largest absolute Gasteiger partial charge is 0.477 e. The molecule has 19 heavy (non-hydrogen) atoms. The number of aliphatic carboxylic acids is 1. The minimum Gasteiger partial charge on any atom is -0.477 e. The van der Waals surface area contributed by atoms with Crippen LogP contribution in [0, 0.1) is 0 Å². The first-order chi connectivity index (χ1) is 9.08. The average Bonchev–Trinajstić information content (AvgIpc) is 2.76. The van der Waals surface area contributed by atoms with Crippen LogP contribution < -0.4 is 10.3 Å². The number of benzene rings is 1. The van der Waals surface area contributed by atoms with Crippen LogP contribution in [-0.2, 0) is 9.59 Å². The molecule has 8 heteroatoms. The van der Waals surface area contributed by atoms with Crippen LogP contribution in [0.25, 0.3) is 0 Å². The first-order valence-corrected chi connectivity index (χ1v) is 6.10. The van der Waals surface area contributed by atoms with Gasteiger partial charge in [0.15, 0.2) is 5.71 Å². The Kier molecular flexibility index (Phi) is 3.84. The summed E-state index contributed by atoms with van der Waals surface area (Å²) in [6.07, 6.45) is 0. The maximum Gasteiger partial charge on any atom is 0.354 e. The van der Waals surface area contributed by atoms with Gasteiger partial charge < -0.3 is 15.0 Å². The van der Waals surface area contributed by atoms with Crippen LogP contribution in [0.2, 0.25) is 0 Å². The molecular formula is C11H11N3O4S. The summed E-state index contributed by atoms with van der Waals surface area (Å²) in [5.41, 5.74) is 0.201. The van der Waals surface area contributed by atoms with E-state index in [0.29, 0.717) is 22.6 Å². The Hall–Kier alpha value is -1.90. The van der Waals surface area contributed by atoms with Crippen LogP contribution in [0.4, 0.5) is 5.69 Å². The maximum atomic E-state index is 12.0. The molecule has 0 aliphatic carbocycles. The third kappa shape index (κ3) is 2.46. The summed E-state index contributed by atoms with van der Waals surface area (Å²) in [6, 6.07) is 5.42. The van der Waals surface area contributed by atoms with Crippen molar-refractivity contribution in [3.63, 3.8) is 0 Å². The third-order valence-corrected chi connectivity index (χ3v) is 3.11. The van der Waals surface area contributed by atoms with Crippen molar-refractivity contribution in [2.24, 2.45) is 5.10 Å². The van der Waals surface area contributed by atoms with Gasteiger partial charge in [-0.05, 0) is 31.3 Å². The summed E-state index contributed by atoms with van der Waals surface area (Å²) < 4.78 is 8.86. The summed E-state index contributed by atoms with van der Waals surface area (Å²) in [5, 5.41) is 16.5. The van der Waals surface area contributed by atoms with Gasteiger partial charge in [-0.2, -0.15) is 10.1 Å². The normalized spacial score (nSPS) is 18.6. The van der Waals surface area contributed by atoms with Gasteiger partial charge in [0, 0.05) is 16.9 Å². The molecule has 1 unspecified atom stereocenters. The van der Waals surface area contributed by atoms with E-state index in [4.69, 9.17) is 9.66 Å². The molecule has 2 rings (SSSR count). The molecule has 1 aliphatic heterocycles. The highest BCUT2D eigenvalue weighted by Crippen LogP contribution is 2.24. The van der Waals surface area contributed by atoms with Crippen molar-refractivity contribution in [2.75, 3.05) is 12.1 Å². The molecule has 0 saturated heterocycles. The topological polar surface area (TPSA) is 102 Å². The number of hydrogen-bond acceptors (Lipinski definition) is 6. The molecule has 0 spiro atoms. The fourth-order valence-corrected chi connectivity index (χ4v) is 1.97. The summed E-state index contributed by atoms with van der Waals surface area (Å²) in [4.78, 5) is 23.7. The lowest BCUT2D eigenvalue weighted by molar-refractivity contribution is -0.130. The molecule has 1 heterocycles. The Labute approximate surface area is 113 Å². The molecule has 100 valence electrons. The number of nitrogens with zero attached hydrogens (tertiary/aromatic N) is 2. The minimum absolute atomic E-state index is 0.242. The number of likely N-dealkylation sites (N-methyl/N-ethyl adjacent to an activating group) is 1. The first kappa shape index (κ1) is 13.5. The van der Waals surface area contributed by atoms with Gasteiger partial charge in [0.25, 0.3) is 5.91 Å². The molecule has 3 N–H and O–H groups in total. The first-order valence-electron chi connectivity index (χ1n) is 5.33. The van der Waals surface area contributed by atoms with E-state index in [1.165, 1.54) is 7.05 Å². The van der Waals surface area contributed by atoms with Gasteiger partial charge in [-0.25, -0.2) is 4.79 Å². The standard InChI is InChI=1S/C11H11N3O4S/c1-12-8-9(11(16)17)13-14(10(8)15)6-2-4-7(19-18)5-3-6/h2-5,8,12,18H,1H3,(H,16,17). The number of carboxylic acid groups (broad SMARTS) is 1. The van der Waals surface area contributed by atoms with E-state index >= 15 is 0 Å². The molecule has 0 saturated carbocycles. The zero-order chi connectivity index (χ0) is 14.0. The third-order valence-electron chi connectivity index (χ3n) is 2.63. The van der Waals surface area contributed by atoms with E-state index in [9.17, 15) is 9.59 Å². The van der Waals surface area contributed by atoms with Gasteiger partial charge in [-0.15, -0.1) is 0 Å². The van der Waals surface area contributed by atoms with E-state index in [1.807, 2.05) is 0 Å². The SMILES string of the molecule is CNC1C(=O)N(c2ccc(SO)cc2)N=C1C(=O)O. The van der Waals surface area contributed by atoms with Crippen LogP contribution in [0.5, 0.6) is 0 Å². The Morgan fingerprint density at radius 1 is 1.42 bits per heavy atom. The Morgan fingerprint density at radius 3 is 2.47 bits per heavy atom. The summed E-state index contributed by atoms with van der Waals surface area (Å²) in [6.45, 7) is 0. The fourth-order valence-electron chi connectivity index (χ4n) is 1.71. The van der Waals surface area contributed by atoms with E-state index < -0.39 is 17.9 Å². The number of carbonyl (C=O) groups is 2. The Morgan fingerprint density at radius 2 is 2.05 bits per heavy atom. The number of amides is 1. The van der Waals surface area contributed by atoms with Gasteiger partial charge in [-0.1, -0.05) is 0 Å². The lowest BCUT2D eigenvalue weighted by Crippen LogP contribution is -2.43. The van der Waals surface area contributed by atoms with E-state index in [-0.39, 0.29) is 5.71 Å². The number of hydrazone groups is 1. The second kappa shape index (κ2) is 5.39. The molecule has 1 aromatic rings. The average molecular weight is 281 g/mol. The smallest absolute Gasteiger partial charge is 0.354 e. The summed E-state index contributed by atoms with van der Waals surface area (Å²) in [5.74, 6) is -1.69. The van der Waals surface area contributed by atoms with Crippen molar-refractivity contribution in [3.05, 3.63) is 24.3 Å². The van der Waals surface area contributed by atoms with E-state index in [1.54, 1.807) is 24.3 Å². The number of rotatable bonds is 4. The lowest BCUT2D eigenvalue weighted by atomic mass is 10.2. The quantitative estimate of drug-likeness (QED) is 0.699. The number of hydrogen-bond donors (Lipinski definition) is 3. The van der Waals surface area contributed by atoms with Crippen LogP contribution in [0.3, 0.4) is 0 Å².